The van der Waals surface area contributed by atoms with E-state index in [1.54, 1.807) is 0 Å². The van der Waals surface area contributed by atoms with Crippen molar-refractivity contribution in [2.75, 3.05) is 0 Å². The van der Waals surface area contributed by atoms with Crippen LogP contribution in [0.3, 0.4) is 0 Å². The van der Waals surface area contributed by atoms with Crippen LogP contribution in [0.15, 0.2) is 0 Å². The van der Waals surface area contributed by atoms with Crippen LogP contribution >= 0.6 is 0 Å². The van der Waals surface area contributed by atoms with Crippen LogP contribution in [0, 0.1) is 5.92 Å². The zero-order valence-electron chi connectivity index (χ0n) is 7.96. The fourth-order valence-corrected chi connectivity index (χ4v) is 0.790. The molecule has 0 spiro atoms. The summed E-state index contributed by atoms with van der Waals surface area (Å²) >= 11 is 0. The Hall–Kier alpha value is -0.700. The van der Waals surface area contributed by atoms with E-state index in [4.69, 9.17) is 5.73 Å². The number of carbonyl (C=O) groups is 2. The molecule has 12 heavy (non-hydrogen) atoms. The molecule has 0 aromatic carbocycles. The van der Waals surface area contributed by atoms with E-state index in [1.165, 1.54) is 6.92 Å². The highest BCUT2D eigenvalue weighted by Gasteiger charge is 2.12. The summed E-state index contributed by atoms with van der Waals surface area (Å²) in [6.07, 6.45) is 0.894. The SMILES string of the molecule is CC(=O)[C@@H](N)CCC(=O)C(C)C. The first-order chi connectivity index (χ1) is 5.45. The van der Waals surface area contributed by atoms with E-state index in [-0.39, 0.29) is 17.5 Å². The number of Topliss-reactive ketones (excluding diaryl/α,β-unsaturated/α-hetero) is 2. The van der Waals surface area contributed by atoms with E-state index in [1.807, 2.05) is 13.8 Å². The molecule has 0 amide bonds. The van der Waals surface area contributed by atoms with Gasteiger partial charge in [0.05, 0.1) is 6.04 Å². The molecule has 0 aliphatic heterocycles. The van der Waals surface area contributed by atoms with E-state index >= 15 is 0 Å². The fourth-order valence-electron chi connectivity index (χ4n) is 0.790. The molecule has 0 aliphatic rings. The molecular formula is C9H17NO2. The van der Waals surface area contributed by atoms with Crippen LogP contribution in [0.4, 0.5) is 0 Å². The molecule has 2 N–H and O–H groups in total. The molecule has 70 valence electrons. The molecule has 3 heteroatoms. The van der Waals surface area contributed by atoms with Gasteiger partial charge in [-0.2, -0.15) is 0 Å². The van der Waals surface area contributed by atoms with Crippen molar-refractivity contribution in [1.29, 1.82) is 0 Å². The summed E-state index contributed by atoms with van der Waals surface area (Å²) < 4.78 is 0. The molecule has 0 aromatic rings. The summed E-state index contributed by atoms with van der Waals surface area (Å²) in [4.78, 5) is 21.8. The molecule has 0 saturated carbocycles. The van der Waals surface area contributed by atoms with Gasteiger partial charge in [0.1, 0.15) is 11.6 Å². The van der Waals surface area contributed by atoms with Crippen LogP contribution in [0.25, 0.3) is 0 Å². The Kier molecular flexibility index (Phi) is 4.74. The van der Waals surface area contributed by atoms with Gasteiger partial charge in [0.15, 0.2) is 0 Å². The molecule has 0 aromatic heterocycles. The lowest BCUT2D eigenvalue weighted by atomic mass is 10.0. The van der Waals surface area contributed by atoms with Crippen LogP contribution in [0.2, 0.25) is 0 Å². The van der Waals surface area contributed by atoms with Gasteiger partial charge in [0, 0.05) is 12.3 Å². The maximum Gasteiger partial charge on any atom is 0.146 e. The van der Waals surface area contributed by atoms with Crippen molar-refractivity contribution < 1.29 is 9.59 Å². The summed E-state index contributed by atoms with van der Waals surface area (Å²) in [5, 5.41) is 0. The predicted molar refractivity (Wildman–Crippen MR) is 47.7 cm³/mol. The van der Waals surface area contributed by atoms with Crippen molar-refractivity contribution in [2.45, 2.75) is 39.7 Å². The average Bonchev–Trinajstić information content (AvgIpc) is 1.98. The first-order valence-electron chi connectivity index (χ1n) is 4.24. The van der Waals surface area contributed by atoms with Gasteiger partial charge in [-0.3, -0.25) is 9.59 Å². The molecule has 0 heterocycles. The number of hydrogen-bond donors (Lipinski definition) is 1. The van der Waals surface area contributed by atoms with Crippen molar-refractivity contribution in [3.63, 3.8) is 0 Å². The lowest BCUT2D eigenvalue weighted by molar-refractivity contribution is -0.122. The van der Waals surface area contributed by atoms with Gasteiger partial charge in [-0.15, -0.1) is 0 Å². The quantitative estimate of drug-likeness (QED) is 0.668. The number of rotatable bonds is 5. The Morgan fingerprint density at radius 1 is 1.33 bits per heavy atom. The maximum absolute atomic E-state index is 11.1. The van der Waals surface area contributed by atoms with E-state index < -0.39 is 6.04 Å². The molecule has 0 bridgehead atoms. The van der Waals surface area contributed by atoms with Gasteiger partial charge < -0.3 is 5.73 Å². The molecule has 0 saturated heterocycles. The van der Waals surface area contributed by atoms with Gasteiger partial charge in [0.25, 0.3) is 0 Å². The van der Waals surface area contributed by atoms with Gasteiger partial charge in [-0.25, -0.2) is 0 Å². The Labute approximate surface area is 73.3 Å². The summed E-state index contributed by atoms with van der Waals surface area (Å²) in [7, 11) is 0. The van der Waals surface area contributed by atoms with Crippen molar-refractivity contribution in [3.8, 4) is 0 Å². The topological polar surface area (TPSA) is 60.2 Å². The van der Waals surface area contributed by atoms with E-state index in [2.05, 4.69) is 0 Å². The third-order valence-corrected chi connectivity index (χ3v) is 1.87. The normalized spacial score (nSPS) is 13.1. The number of nitrogens with two attached hydrogens (primary N) is 1. The van der Waals surface area contributed by atoms with Gasteiger partial charge >= 0.3 is 0 Å². The van der Waals surface area contributed by atoms with Crippen LogP contribution in [0.1, 0.15) is 33.6 Å². The minimum absolute atomic E-state index is 0.0455. The van der Waals surface area contributed by atoms with Crippen molar-refractivity contribution in [2.24, 2.45) is 11.7 Å². The lowest BCUT2D eigenvalue weighted by Crippen LogP contribution is -2.29. The number of hydrogen-bond acceptors (Lipinski definition) is 3. The van der Waals surface area contributed by atoms with Crippen LogP contribution in [-0.2, 0) is 9.59 Å². The fraction of sp³-hybridized carbons (Fsp3) is 0.778. The zero-order valence-corrected chi connectivity index (χ0v) is 7.96. The highest BCUT2D eigenvalue weighted by atomic mass is 16.1. The van der Waals surface area contributed by atoms with Crippen molar-refractivity contribution in [3.05, 3.63) is 0 Å². The second-order valence-electron chi connectivity index (χ2n) is 3.38. The Balaban J connectivity index is 3.69. The number of ketones is 2. The van der Waals surface area contributed by atoms with Gasteiger partial charge in [-0.1, -0.05) is 13.8 Å². The van der Waals surface area contributed by atoms with Crippen molar-refractivity contribution in [1.82, 2.24) is 0 Å². The minimum Gasteiger partial charge on any atom is -0.322 e. The smallest absolute Gasteiger partial charge is 0.146 e. The van der Waals surface area contributed by atoms with Crippen molar-refractivity contribution >= 4 is 11.6 Å². The molecule has 1 atom stereocenters. The van der Waals surface area contributed by atoms with Gasteiger partial charge in [-0.05, 0) is 13.3 Å². The van der Waals surface area contributed by atoms with Gasteiger partial charge in [0.2, 0.25) is 0 Å². The zero-order chi connectivity index (χ0) is 9.72. The monoisotopic (exact) mass is 171 g/mol. The van der Waals surface area contributed by atoms with E-state index in [9.17, 15) is 9.59 Å². The Morgan fingerprint density at radius 2 is 1.83 bits per heavy atom. The first kappa shape index (κ1) is 11.3. The molecular weight excluding hydrogens is 154 g/mol. The highest BCUT2D eigenvalue weighted by molar-refractivity contribution is 5.83. The summed E-state index contributed by atoms with van der Waals surface area (Å²) in [6.45, 7) is 5.15. The lowest BCUT2D eigenvalue weighted by Gasteiger charge is -2.07. The summed E-state index contributed by atoms with van der Waals surface area (Å²) in [5.41, 5.74) is 5.46. The van der Waals surface area contributed by atoms with Crippen LogP contribution in [0.5, 0.6) is 0 Å². The Bertz CT molecular complexity index is 175. The first-order valence-corrected chi connectivity index (χ1v) is 4.24. The summed E-state index contributed by atoms with van der Waals surface area (Å²) in [6, 6.07) is -0.465. The molecule has 0 aliphatic carbocycles. The average molecular weight is 171 g/mol. The van der Waals surface area contributed by atoms with E-state index in [0.29, 0.717) is 12.8 Å². The second kappa shape index (κ2) is 5.04. The second-order valence-corrected chi connectivity index (χ2v) is 3.38. The molecule has 0 unspecified atom stereocenters. The maximum atomic E-state index is 11.1. The predicted octanol–water partition coefficient (Wildman–Crippen LogP) is 0.908. The molecule has 3 nitrogen and oxygen atoms in total. The van der Waals surface area contributed by atoms with Crippen LogP contribution < -0.4 is 5.73 Å². The highest BCUT2D eigenvalue weighted by Crippen LogP contribution is 2.03. The standard InChI is InChI=1S/C9H17NO2/c1-6(2)9(12)5-4-8(10)7(3)11/h6,8H,4-5,10H2,1-3H3/t8-/m0/s1. The molecule has 0 radical (unpaired) electrons. The number of carbonyl (C=O) groups excluding carboxylic acids is 2. The largest absolute Gasteiger partial charge is 0.322 e. The van der Waals surface area contributed by atoms with Crippen LogP contribution in [-0.4, -0.2) is 17.6 Å². The Morgan fingerprint density at radius 3 is 2.17 bits per heavy atom. The third kappa shape index (κ3) is 4.23. The van der Waals surface area contributed by atoms with E-state index in [0.717, 1.165) is 0 Å². The minimum atomic E-state index is -0.465. The summed E-state index contributed by atoms with van der Waals surface area (Å²) in [5.74, 6) is 0.169. The molecule has 0 rings (SSSR count). The third-order valence-electron chi connectivity index (χ3n) is 1.87. The molecule has 0 fully saturated rings.